The van der Waals surface area contributed by atoms with Crippen LogP contribution >= 0.6 is 0 Å². The Morgan fingerprint density at radius 3 is 2.38 bits per heavy atom. The molecule has 0 saturated heterocycles. The zero-order valence-corrected chi connectivity index (χ0v) is 13.9. The molecule has 0 aromatic heterocycles. The van der Waals surface area contributed by atoms with Gasteiger partial charge in [-0.15, -0.1) is 0 Å². The van der Waals surface area contributed by atoms with E-state index in [4.69, 9.17) is 9.47 Å². The third kappa shape index (κ3) is 5.73. The summed E-state index contributed by atoms with van der Waals surface area (Å²) in [4.78, 5) is 12.1. The number of carbonyl (C=O) groups is 1. The van der Waals surface area contributed by atoms with E-state index in [1.807, 2.05) is 0 Å². The summed E-state index contributed by atoms with van der Waals surface area (Å²) < 4.78 is 61.8. The molecule has 2 aromatic rings. The molecule has 0 unspecified atom stereocenters. The van der Waals surface area contributed by atoms with Crippen molar-refractivity contribution in [3.05, 3.63) is 59.4 Å². The fourth-order valence-electron chi connectivity index (χ4n) is 2.15. The van der Waals surface area contributed by atoms with Crippen LogP contribution in [0.4, 0.5) is 23.2 Å². The van der Waals surface area contributed by atoms with Crippen molar-refractivity contribution in [1.29, 1.82) is 0 Å². The third-order valence-corrected chi connectivity index (χ3v) is 3.40. The Hall–Kier alpha value is -2.61. The molecule has 0 spiro atoms. The summed E-state index contributed by atoms with van der Waals surface area (Å²) >= 11 is 0. The van der Waals surface area contributed by atoms with Gasteiger partial charge in [0.15, 0.2) is 0 Å². The summed E-state index contributed by atoms with van der Waals surface area (Å²) in [5.41, 5.74) is -0.477. The van der Waals surface area contributed by atoms with Gasteiger partial charge in [-0.25, -0.2) is 4.39 Å². The monoisotopic (exact) mass is 371 g/mol. The minimum absolute atomic E-state index is 0.0944. The summed E-state index contributed by atoms with van der Waals surface area (Å²) in [5.74, 6) is -0.893. The number of rotatable bonds is 7. The zero-order valence-electron chi connectivity index (χ0n) is 13.9. The molecule has 26 heavy (non-hydrogen) atoms. The number of benzene rings is 2. The first kappa shape index (κ1) is 19.7. The smallest absolute Gasteiger partial charge is 0.416 e. The Morgan fingerprint density at radius 2 is 1.77 bits per heavy atom. The molecule has 1 N–H and O–H groups in total. The average Bonchev–Trinajstić information content (AvgIpc) is 2.57. The summed E-state index contributed by atoms with van der Waals surface area (Å²) in [6.07, 6.45) is -4.67. The van der Waals surface area contributed by atoms with Crippen LogP contribution in [0, 0.1) is 5.82 Å². The van der Waals surface area contributed by atoms with Gasteiger partial charge in [0.25, 0.3) is 0 Å². The lowest BCUT2D eigenvalue weighted by molar-refractivity contribution is -0.137. The predicted octanol–water partition coefficient (Wildman–Crippen LogP) is 4.05. The Kier molecular flexibility index (Phi) is 6.57. The largest absolute Gasteiger partial charge is 0.489 e. The number of amides is 1. The van der Waals surface area contributed by atoms with Gasteiger partial charge in [-0.3, -0.25) is 4.79 Å². The van der Waals surface area contributed by atoms with Crippen molar-refractivity contribution in [1.82, 2.24) is 0 Å². The molecule has 2 rings (SSSR count). The number of anilines is 1. The molecular weight excluding hydrogens is 354 g/mol. The maximum atomic E-state index is 12.9. The maximum Gasteiger partial charge on any atom is 0.416 e. The van der Waals surface area contributed by atoms with Crippen molar-refractivity contribution in [2.75, 3.05) is 25.6 Å². The highest BCUT2D eigenvalue weighted by molar-refractivity contribution is 5.93. The molecule has 0 radical (unpaired) electrons. The van der Waals surface area contributed by atoms with Gasteiger partial charge in [0, 0.05) is 7.11 Å². The number of halogens is 4. The predicted molar refractivity (Wildman–Crippen MR) is 87.5 cm³/mol. The molecule has 140 valence electrons. The molecule has 0 aliphatic rings. The van der Waals surface area contributed by atoms with Crippen LogP contribution < -0.4 is 10.1 Å². The number of carbonyl (C=O) groups excluding carboxylic acids is 1. The molecule has 0 heterocycles. The van der Waals surface area contributed by atoms with Gasteiger partial charge in [0.2, 0.25) is 5.91 Å². The van der Waals surface area contributed by atoms with Gasteiger partial charge in [-0.2, -0.15) is 13.2 Å². The van der Waals surface area contributed by atoms with Crippen LogP contribution in [0.1, 0.15) is 11.1 Å². The van der Waals surface area contributed by atoms with E-state index in [2.05, 4.69) is 5.32 Å². The second-order valence-electron chi connectivity index (χ2n) is 5.40. The second kappa shape index (κ2) is 8.66. The van der Waals surface area contributed by atoms with Crippen LogP contribution in [0.15, 0.2) is 42.5 Å². The molecule has 0 fully saturated rings. The highest BCUT2D eigenvalue weighted by Gasteiger charge is 2.31. The average molecular weight is 371 g/mol. The SMILES string of the molecule is COCCOc1ccc(C(F)(F)F)cc1NC(=O)Cc1ccc(F)cc1. The van der Waals surface area contributed by atoms with E-state index in [1.165, 1.54) is 31.4 Å². The summed E-state index contributed by atoms with van der Waals surface area (Å²) in [6.45, 7) is 0.354. The van der Waals surface area contributed by atoms with Crippen LogP contribution in [0.25, 0.3) is 0 Å². The van der Waals surface area contributed by atoms with E-state index in [0.29, 0.717) is 5.56 Å². The Labute approximate surface area is 147 Å². The van der Waals surface area contributed by atoms with Crippen LogP contribution in [0.2, 0.25) is 0 Å². The lowest BCUT2D eigenvalue weighted by Gasteiger charge is -2.15. The number of ether oxygens (including phenoxy) is 2. The van der Waals surface area contributed by atoms with Gasteiger partial charge < -0.3 is 14.8 Å². The minimum atomic E-state index is -4.55. The van der Waals surface area contributed by atoms with E-state index < -0.39 is 23.5 Å². The highest BCUT2D eigenvalue weighted by Crippen LogP contribution is 2.35. The van der Waals surface area contributed by atoms with Gasteiger partial charge in [-0.1, -0.05) is 12.1 Å². The first-order valence-electron chi connectivity index (χ1n) is 7.67. The summed E-state index contributed by atoms with van der Waals surface area (Å²) in [7, 11) is 1.46. The fraction of sp³-hybridized carbons (Fsp3) is 0.278. The minimum Gasteiger partial charge on any atom is -0.489 e. The fourth-order valence-corrected chi connectivity index (χ4v) is 2.15. The van der Waals surface area contributed by atoms with E-state index >= 15 is 0 Å². The van der Waals surface area contributed by atoms with Crippen LogP contribution in [-0.2, 0) is 22.1 Å². The van der Waals surface area contributed by atoms with Crippen LogP contribution in [0.5, 0.6) is 5.75 Å². The van der Waals surface area contributed by atoms with Gasteiger partial charge in [0.05, 0.1) is 24.3 Å². The third-order valence-electron chi connectivity index (χ3n) is 3.40. The first-order chi connectivity index (χ1) is 12.3. The maximum absolute atomic E-state index is 12.9. The number of hydrogen-bond donors (Lipinski definition) is 1. The van der Waals surface area contributed by atoms with Crippen molar-refractivity contribution < 1.29 is 31.8 Å². The normalized spacial score (nSPS) is 11.3. The molecule has 0 bridgehead atoms. The standard InChI is InChI=1S/C18H17F4NO3/c1-25-8-9-26-16-7-4-13(18(20,21)22)11-15(16)23-17(24)10-12-2-5-14(19)6-3-12/h2-7,11H,8-10H2,1H3,(H,23,24). The molecule has 1 amide bonds. The highest BCUT2D eigenvalue weighted by atomic mass is 19.4. The van der Waals surface area contributed by atoms with Crippen molar-refractivity contribution in [3.63, 3.8) is 0 Å². The summed E-state index contributed by atoms with van der Waals surface area (Å²) in [5, 5.41) is 2.41. The topological polar surface area (TPSA) is 47.6 Å². The number of hydrogen-bond acceptors (Lipinski definition) is 3. The molecule has 8 heteroatoms. The molecular formula is C18H17F4NO3. The quantitative estimate of drug-likeness (QED) is 0.590. The first-order valence-corrected chi connectivity index (χ1v) is 7.67. The van der Waals surface area contributed by atoms with E-state index in [-0.39, 0.29) is 31.1 Å². The Bertz CT molecular complexity index is 745. The van der Waals surface area contributed by atoms with E-state index in [1.54, 1.807) is 0 Å². The zero-order chi connectivity index (χ0) is 19.2. The second-order valence-corrected chi connectivity index (χ2v) is 5.40. The van der Waals surface area contributed by atoms with Crippen molar-refractivity contribution in [2.24, 2.45) is 0 Å². The molecule has 0 saturated carbocycles. The number of alkyl halides is 3. The van der Waals surface area contributed by atoms with Gasteiger partial charge >= 0.3 is 6.18 Å². The molecule has 0 aliphatic heterocycles. The van der Waals surface area contributed by atoms with Gasteiger partial charge in [0.1, 0.15) is 18.2 Å². The van der Waals surface area contributed by atoms with E-state index in [0.717, 1.165) is 18.2 Å². The van der Waals surface area contributed by atoms with Crippen molar-refractivity contribution in [2.45, 2.75) is 12.6 Å². The van der Waals surface area contributed by atoms with Crippen LogP contribution in [0.3, 0.4) is 0 Å². The molecule has 0 atom stereocenters. The van der Waals surface area contributed by atoms with Gasteiger partial charge in [-0.05, 0) is 35.9 Å². The lowest BCUT2D eigenvalue weighted by Crippen LogP contribution is -2.17. The van der Waals surface area contributed by atoms with E-state index in [9.17, 15) is 22.4 Å². The Morgan fingerprint density at radius 1 is 1.08 bits per heavy atom. The van der Waals surface area contributed by atoms with Crippen LogP contribution in [-0.4, -0.2) is 26.2 Å². The van der Waals surface area contributed by atoms with Crippen molar-refractivity contribution in [3.8, 4) is 5.75 Å². The molecule has 2 aromatic carbocycles. The summed E-state index contributed by atoms with van der Waals surface area (Å²) in [6, 6.07) is 8.08. The number of nitrogens with one attached hydrogen (secondary N) is 1. The van der Waals surface area contributed by atoms with Crippen molar-refractivity contribution >= 4 is 11.6 Å². The Balaban J connectivity index is 2.17. The number of methoxy groups -OCH3 is 1. The molecule has 4 nitrogen and oxygen atoms in total. The lowest BCUT2D eigenvalue weighted by atomic mass is 10.1. The molecule has 0 aliphatic carbocycles.